The normalized spacial score (nSPS) is 21.8. The third kappa shape index (κ3) is 3.43. The van der Waals surface area contributed by atoms with Gasteiger partial charge in [-0.15, -0.1) is 10.2 Å². The number of nitrogens with zero attached hydrogens (tertiary/aromatic N) is 6. The average molecular weight is 421 g/mol. The zero-order valence-electron chi connectivity index (χ0n) is 16.3. The number of hydrogen-bond donors (Lipinski definition) is 1. The first kappa shape index (κ1) is 20.0. The monoisotopic (exact) mass is 421 g/mol. The molecule has 0 bridgehead atoms. The van der Waals surface area contributed by atoms with Gasteiger partial charge in [0.2, 0.25) is 5.60 Å². The highest BCUT2D eigenvalue weighted by Crippen LogP contribution is 2.37. The highest BCUT2D eigenvalue weighted by atomic mass is 19.4. The largest absolute Gasteiger partial charge is 0.435 e. The molecule has 1 saturated heterocycles. The first-order chi connectivity index (χ1) is 14.0. The van der Waals surface area contributed by atoms with E-state index in [1.54, 1.807) is 13.1 Å². The minimum Gasteiger partial charge on any atom is -0.350 e. The van der Waals surface area contributed by atoms with Crippen LogP contribution in [-0.4, -0.2) is 48.0 Å². The van der Waals surface area contributed by atoms with Gasteiger partial charge in [0.05, 0.1) is 24.0 Å². The van der Waals surface area contributed by atoms with Crippen molar-refractivity contribution >= 4 is 11.7 Å². The maximum absolute atomic E-state index is 13.3. The van der Waals surface area contributed by atoms with E-state index in [4.69, 9.17) is 4.74 Å². The van der Waals surface area contributed by atoms with Crippen molar-refractivity contribution in [2.24, 2.45) is 0 Å². The number of ether oxygens (including phenoxy) is 1. The third-order valence-corrected chi connectivity index (χ3v) is 4.67. The fraction of sp³-hybridized carbons (Fsp3) is 0.389. The highest BCUT2D eigenvalue weighted by molar-refractivity contribution is 5.99. The number of hydrogen-bond acceptors (Lipinski definition) is 6. The lowest BCUT2D eigenvalue weighted by Gasteiger charge is -2.45. The molecule has 1 amide bonds. The minimum absolute atomic E-state index is 0.0670. The number of amides is 1. The number of imidazole rings is 1. The van der Waals surface area contributed by atoms with Crippen molar-refractivity contribution < 1.29 is 22.7 Å². The van der Waals surface area contributed by atoms with Crippen molar-refractivity contribution in [2.75, 3.05) is 11.4 Å². The minimum atomic E-state index is -4.63. The van der Waals surface area contributed by atoms with Crippen molar-refractivity contribution in [3.8, 4) is 5.69 Å². The second-order valence-corrected chi connectivity index (χ2v) is 7.64. The van der Waals surface area contributed by atoms with Crippen LogP contribution in [0.5, 0.6) is 0 Å². The zero-order valence-corrected chi connectivity index (χ0v) is 16.3. The molecule has 0 radical (unpaired) electrons. The lowest BCUT2D eigenvalue weighted by molar-refractivity contribution is -0.179. The number of alkyl halides is 3. The predicted molar refractivity (Wildman–Crippen MR) is 97.6 cm³/mol. The second kappa shape index (κ2) is 6.62. The van der Waals surface area contributed by atoms with E-state index in [0.29, 0.717) is 5.82 Å². The maximum Gasteiger partial charge on any atom is 0.435 e. The summed E-state index contributed by atoms with van der Waals surface area (Å²) in [6, 6.07) is 2.37. The molecule has 158 valence electrons. The predicted octanol–water partition coefficient (Wildman–Crippen LogP) is 2.46. The molecule has 1 N–H and O–H groups in total. The molecule has 0 saturated carbocycles. The molecule has 1 atom stereocenters. The fourth-order valence-electron chi connectivity index (χ4n) is 3.42. The Bertz CT molecular complexity index is 1080. The van der Waals surface area contributed by atoms with Gasteiger partial charge < -0.3 is 9.72 Å². The molecule has 4 heterocycles. The Kier molecular flexibility index (Phi) is 4.42. The summed E-state index contributed by atoms with van der Waals surface area (Å²) < 4.78 is 46.0. The summed E-state index contributed by atoms with van der Waals surface area (Å²) in [5.74, 6) is 0.211. The molecule has 3 aromatic rings. The summed E-state index contributed by atoms with van der Waals surface area (Å²) >= 11 is 0. The Balaban J connectivity index is 1.70. The number of aromatic nitrogens is 6. The van der Waals surface area contributed by atoms with E-state index >= 15 is 0 Å². The van der Waals surface area contributed by atoms with Crippen LogP contribution < -0.4 is 4.90 Å². The molecule has 1 aliphatic rings. The lowest BCUT2D eigenvalue weighted by atomic mass is 9.95. The van der Waals surface area contributed by atoms with Gasteiger partial charge in [-0.3, -0.25) is 9.69 Å². The molecule has 0 aromatic carbocycles. The van der Waals surface area contributed by atoms with Crippen LogP contribution in [0.2, 0.25) is 0 Å². The van der Waals surface area contributed by atoms with E-state index in [0.717, 1.165) is 12.3 Å². The third-order valence-electron chi connectivity index (χ3n) is 4.67. The SMILES string of the molecule is CC1(C)CN(c2ccn(-c3cnnc(C(F)(F)F)c3)n2)C(=O)C(C)(c2ncc[nH]2)O1. The van der Waals surface area contributed by atoms with Crippen LogP contribution in [0, 0.1) is 0 Å². The number of carbonyl (C=O) groups is 1. The molecule has 1 aliphatic heterocycles. The molecular formula is C18H18F3N7O2. The number of anilines is 1. The molecule has 1 fully saturated rings. The van der Waals surface area contributed by atoms with Crippen LogP contribution in [0.4, 0.5) is 19.0 Å². The van der Waals surface area contributed by atoms with Crippen molar-refractivity contribution in [2.45, 2.75) is 38.1 Å². The molecule has 0 spiro atoms. The van der Waals surface area contributed by atoms with Crippen molar-refractivity contribution in [3.63, 3.8) is 0 Å². The maximum atomic E-state index is 13.3. The highest BCUT2D eigenvalue weighted by Gasteiger charge is 2.52. The standard InChI is InChI=1S/C18H18F3N7O2/c1-16(2)10-27(15(29)17(3,30-16)14-22-5-6-23-14)13-4-7-28(26-13)11-8-12(18(19,20)21)25-24-9-11/h4-9H,10H2,1-3H3,(H,22,23). The van der Waals surface area contributed by atoms with Crippen LogP contribution in [0.1, 0.15) is 32.3 Å². The van der Waals surface area contributed by atoms with Gasteiger partial charge in [0.1, 0.15) is 5.82 Å². The van der Waals surface area contributed by atoms with E-state index in [9.17, 15) is 18.0 Å². The van der Waals surface area contributed by atoms with E-state index in [2.05, 4.69) is 25.3 Å². The summed E-state index contributed by atoms with van der Waals surface area (Å²) in [6.07, 6.45) is 1.09. The number of H-pyrrole nitrogens is 1. The van der Waals surface area contributed by atoms with Gasteiger partial charge in [-0.05, 0) is 26.8 Å². The number of halogens is 3. The zero-order chi connectivity index (χ0) is 21.7. The second-order valence-electron chi connectivity index (χ2n) is 7.64. The van der Waals surface area contributed by atoms with E-state index in [-0.39, 0.29) is 18.1 Å². The molecule has 30 heavy (non-hydrogen) atoms. The molecule has 3 aromatic heterocycles. The molecule has 12 heteroatoms. The molecule has 0 aliphatic carbocycles. The Morgan fingerprint density at radius 2 is 2.03 bits per heavy atom. The van der Waals surface area contributed by atoms with Gasteiger partial charge in [0.15, 0.2) is 11.5 Å². The Morgan fingerprint density at radius 3 is 2.70 bits per heavy atom. The van der Waals surface area contributed by atoms with Gasteiger partial charge in [-0.1, -0.05) is 0 Å². The summed E-state index contributed by atoms with van der Waals surface area (Å²) in [6.45, 7) is 5.46. The first-order valence-electron chi connectivity index (χ1n) is 8.98. The van der Waals surface area contributed by atoms with Gasteiger partial charge >= 0.3 is 6.18 Å². The van der Waals surface area contributed by atoms with Crippen LogP contribution in [0.25, 0.3) is 5.69 Å². The number of carbonyl (C=O) groups excluding carboxylic acids is 1. The lowest BCUT2D eigenvalue weighted by Crippen LogP contribution is -2.61. The molecule has 1 unspecified atom stereocenters. The van der Waals surface area contributed by atoms with Crippen molar-refractivity contribution in [3.05, 3.63) is 48.4 Å². The Morgan fingerprint density at radius 1 is 1.27 bits per heavy atom. The van der Waals surface area contributed by atoms with Gasteiger partial charge in [0, 0.05) is 24.7 Å². The van der Waals surface area contributed by atoms with Gasteiger partial charge in [-0.2, -0.15) is 18.3 Å². The summed E-state index contributed by atoms with van der Waals surface area (Å²) in [5, 5.41) is 10.8. The van der Waals surface area contributed by atoms with E-state index < -0.39 is 29.0 Å². The van der Waals surface area contributed by atoms with Gasteiger partial charge in [0.25, 0.3) is 5.91 Å². The Labute approximate surface area is 168 Å². The number of aromatic amines is 1. The van der Waals surface area contributed by atoms with Crippen LogP contribution >= 0.6 is 0 Å². The summed E-state index contributed by atoms with van der Waals surface area (Å²) in [5.41, 5.74) is -3.18. The quantitative estimate of drug-likeness (QED) is 0.697. The first-order valence-corrected chi connectivity index (χ1v) is 8.98. The molecule has 9 nitrogen and oxygen atoms in total. The van der Waals surface area contributed by atoms with Crippen LogP contribution in [-0.2, 0) is 21.3 Å². The van der Waals surface area contributed by atoms with Gasteiger partial charge in [-0.25, -0.2) is 9.67 Å². The van der Waals surface area contributed by atoms with E-state index in [1.807, 2.05) is 13.8 Å². The average Bonchev–Trinajstić information content (AvgIpc) is 3.36. The van der Waals surface area contributed by atoms with Crippen LogP contribution in [0.3, 0.4) is 0 Å². The summed E-state index contributed by atoms with van der Waals surface area (Å²) in [7, 11) is 0. The number of rotatable bonds is 3. The number of morpholine rings is 1. The van der Waals surface area contributed by atoms with Crippen LogP contribution in [0.15, 0.2) is 36.9 Å². The molecule has 4 rings (SSSR count). The smallest absolute Gasteiger partial charge is 0.350 e. The molecular weight excluding hydrogens is 403 g/mol. The van der Waals surface area contributed by atoms with Crippen molar-refractivity contribution in [1.29, 1.82) is 0 Å². The van der Waals surface area contributed by atoms with E-state index in [1.165, 1.54) is 28.0 Å². The summed E-state index contributed by atoms with van der Waals surface area (Å²) in [4.78, 5) is 21.8. The topological polar surface area (TPSA) is 102 Å². The Hall–Kier alpha value is -3.28. The van der Waals surface area contributed by atoms with Crippen molar-refractivity contribution in [1.82, 2.24) is 29.9 Å². The fourth-order valence-corrected chi connectivity index (χ4v) is 3.42. The number of nitrogens with one attached hydrogen (secondary N) is 1.